The minimum absolute atomic E-state index is 0.130. The highest BCUT2D eigenvalue weighted by Crippen LogP contribution is 2.38. The van der Waals surface area contributed by atoms with Gasteiger partial charge >= 0.3 is 12.2 Å². The van der Waals surface area contributed by atoms with Gasteiger partial charge < -0.3 is 15.6 Å². The van der Waals surface area contributed by atoms with E-state index in [0.717, 1.165) is 10.5 Å². The first kappa shape index (κ1) is 15.4. The van der Waals surface area contributed by atoms with Gasteiger partial charge in [0.05, 0.1) is 5.69 Å². The van der Waals surface area contributed by atoms with Gasteiger partial charge in [-0.3, -0.25) is 4.90 Å². The molecular weight excluding hydrogens is 284 g/mol. The fraction of sp³-hybridized carbons (Fsp3) is 0.125. The van der Waals surface area contributed by atoms with E-state index in [4.69, 9.17) is 10.5 Å². The highest BCUT2D eigenvalue weighted by atomic mass is 16.5. The molecule has 114 valence electrons. The third-order valence-electron chi connectivity index (χ3n) is 3.12. The number of para-hydroxylation sites is 1. The minimum atomic E-state index is -1.14. The molecule has 0 radical (unpaired) electrons. The molecule has 2 amide bonds. The van der Waals surface area contributed by atoms with Gasteiger partial charge in [0.25, 0.3) is 0 Å². The molecule has 0 aromatic heterocycles. The van der Waals surface area contributed by atoms with Crippen LogP contribution in [0.2, 0.25) is 0 Å². The summed E-state index contributed by atoms with van der Waals surface area (Å²) < 4.78 is 5.10. The van der Waals surface area contributed by atoms with Gasteiger partial charge in [-0.05, 0) is 18.6 Å². The van der Waals surface area contributed by atoms with E-state index in [1.807, 2.05) is 30.3 Å². The summed E-state index contributed by atoms with van der Waals surface area (Å²) in [5, 5.41) is 9.30. The van der Waals surface area contributed by atoms with E-state index in [1.165, 1.54) is 0 Å². The van der Waals surface area contributed by atoms with Crippen molar-refractivity contribution in [3.05, 3.63) is 48.5 Å². The first-order valence-electron chi connectivity index (χ1n) is 6.70. The van der Waals surface area contributed by atoms with Crippen LogP contribution in [0.1, 0.15) is 6.92 Å². The highest BCUT2D eigenvalue weighted by molar-refractivity contribution is 5.92. The van der Waals surface area contributed by atoms with Crippen LogP contribution in [0.15, 0.2) is 48.5 Å². The van der Waals surface area contributed by atoms with Crippen molar-refractivity contribution < 1.29 is 19.4 Å². The summed E-state index contributed by atoms with van der Waals surface area (Å²) in [4.78, 5) is 23.7. The van der Waals surface area contributed by atoms with Crippen molar-refractivity contribution in [3.63, 3.8) is 0 Å². The van der Waals surface area contributed by atoms with E-state index in [9.17, 15) is 14.7 Å². The van der Waals surface area contributed by atoms with Crippen LogP contribution >= 0.6 is 0 Å². The van der Waals surface area contributed by atoms with Gasteiger partial charge in [0, 0.05) is 12.1 Å². The largest absolute Gasteiger partial charge is 0.465 e. The van der Waals surface area contributed by atoms with Crippen LogP contribution < -0.4 is 15.4 Å². The van der Waals surface area contributed by atoms with Gasteiger partial charge in [-0.15, -0.1) is 0 Å². The zero-order chi connectivity index (χ0) is 16.1. The van der Waals surface area contributed by atoms with Gasteiger partial charge in [-0.2, -0.15) is 0 Å². The molecule has 0 aliphatic heterocycles. The lowest BCUT2D eigenvalue weighted by Gasteiger charge is -2.21. The van der Waals surface area contributed by atoms with Gasteiger partial charge in [-0.1, -0.05) is 42.5 Å². The number of nitrogens with zero attached hydrogens (tertiary/aromatic N) is 1. The number of hydrogen-bond donors (Lipinski definition) is 2. The molecule has 22 heavy (non-hydrogen) atoms. The highest BCUT2D eigenvalue weighted by Gasteiger charge is 2.21. The molecule has 2 aromatic rings. The molecule has 0 heterocycles. The molecule has 0 atom stereocenters. The molecular formula is C16H16N2O4. The van der Waals surface area contributed by atoms with Crippen molar-refractivity contribution in [1.29, 1.82) is 0 Å². The average molecular weight is 300 g/mol. The number of hydrogen-bond acceptors (Lipinski definition) is 3. The Bertz CT molecular complexity index is 686. The number of ether oxygens (including phenoxy) is 1. The molecule has 3 N–H and O–H groups in total. The van der Waals surface area contributed by atoms with Gasteiger partial charge in [0.1, 0.15) is 0 Å². The van der Waals surface area contributed by atoms with E-state index in [2.05, 4.69) is 0 Å². The monoisotopic (exact) mass is 300 g/mol. The lowest BCUT2D eigenvalue weighted by molar-refractivity contribution is 0.200. The van der Waals surface area contributed by atoms with E-state index >= 15 is 0 Å². The Morgan fingerprint density at radius 1 is 1.14 bits per heavy atom. The number of nitrogens with two attached hydrogens (primary N) is 1. The smallest absolute Gasteiger partial charge is 0.411 e. The topological polar surface area (TPSA) is 92.9 Å². The molecule has 0 saturated heterocycles. The van der Waals surface area contributed by atoms with E-state index in [0.29, 0.717) is 5.56 Å². The Morgan fingerprint density at radius 3 is 2.36 bits per heavy atom. The molecule has 0 bridgehead atoms. The van der Waals surface area contributed by atoms with Crippen molar-refractivity contribution in [1.82, 2.24) is 0 Å². The third kappa shape index (κ3) is 3.17. The fourth-order valence-corrected chi connectivity index (χ4v) is 2.20. The summed E-state index contributed by atoms with van der Waals surface area (Å²) in [6, 6.07) is 14.2. The molecule has 6 heteroatoms. The molecule has 0 aliphatic rings. The zero-order valence-electron chi connectivity index (χ0n) is 12.0. The molecule has 6 nitrogen and oxygen atoms in total. The minimum Gasteiger partial charge on any atom is -0.465 e. The van der Waals surface area contributed by atoms with Crippen molar-refractivity contribution in [3.8, 4) is 16.9 Å². The molecule has 0 unspecified atom stereocenters. The van der Waals surface area contributed by atoms with Crippen molar-refractivity contribution in [2.75, 3.05) is 11.4 Å². The fourth-order valence-electron chi connectivity index (χ4n) is 2.20. The first-order chi connectivity index (χ1) is 10.5. The second kappa shape index (κ2) is 6.62. The summed E-state index contributed by atoms with van der Waals surface area (Å²) in [6.45, 7) is 1.90. The van der Waals surface area contributed by atoms with E-state index in [1.54, 1.807) is 25.1 Å². The molecule has 2 rings (SSSR count). The summed E-state index contributed by atoms with van der Waals surface area (Å²) >= 11 is 0. The van der Waals surface area contributed by atoms with Crippen LogP contribution in [0, 0.1) is 0 Å². The maximum absolute atomic E-state index is 11.4. The first-order valence-corrected chi connectivity index (χ1v) is 6.70. The number of amides is 2. The third-order valence-corrected chi connectivity index (χ3v) is 3.12. The summed E-state index contributed by atoms with van der Waals surface area (Å²) in [7, 11) is 0. The van der Waals surface area contributed by atoms with Crippen LogP contribution in [0.25, 0.3) is 11.1 Å². The number of carbonyl (C=O) groups is 2. The van der Waals surface area contributed by atoms with Crippen molar-refractivity contribution in [2.24, 2.45) is 5.73 Å². The number of primary amides is 1. The standard InChI is InChI=1S/C16H16N2O4/c1-2-18(16(20)21)13-10-6-9-12(14(13)22-15(17)19)11-7-4-3-5-8-11/h3-10H,2H2,1H3,(H2,17,19)(H,20,21). The Hall–Kier alpha value is -3.02. The lowest BCUT2D eigenvalue weighted by atomic mass is 10.0. The molecule has 0 spiro atoms. The van der Waals surface area contributed by atoms with Crippen molar-refractivity contribution >= 4 is 17.9 Å². The molecule has 0 aliphatic carbocycles. The second-order valence-corrected chi connectivity index (χ2v) is 4.47. The Balaban J connectivity index is 2.64. The normalized spacial score (nSPS) is 10.0. The zero-order valence-corrected chi connectivity index (χ0v) is 12.0. The average Bonchev–Trinajstić information content (AvgIpc) is 2.49. The van der Waals surface area contributed by atoms with E-state index in [-0.39, 0.29) is 18.0 Å². The lowest BCUT2D eigenvalue weighted by Crippen LogP contribution is -2.30. The van der Waals surface area contributed by atoms with Gasteiger partial charge in [0.15, 0.2) is 5.75 Å². The van der Waals surface area contributed by atoms with Crippen LogP contribution in [0.3, 0.4) is 0 Å². The summed E-state index contributed by atoms with van der Waals surface area (Å²) in [6.07, 6.45) is -2.13. The van der Waals surface area contributed by atoms with Gasteiger partial charge in [0.2, 0.25) is 0 Å². The van der Waals surface area contributed by atoms with E-state index < -0.39 is 12.2 Å². The molecule has 0 saturated carbocycles. The number of anilines is 1. The van der Waals surface area contributed by atoms with Crippen molar-refractivity contribution in [2.45, 2.75) is 6.92 Å². The quantitative estimate of drug-likeness (QED) is 0.905. The SMILES string of the molecule is CCN(C(=O)O)c1cccc(-c2ccccc2)c1OC(N)=O. The van der Waals surface area contributed by atoms with Crippen LogP contribution in [0.5, 0.6) is 5.75 Å². The second-order valence-electron chi connectivity index (χ2n) is 4.47. The number of carboxylic acid groups (broad SMARTS) is 1. The molecule has 2 aromatic carbocycles. The number of carbonyl (C=O) groups excluding carboxylic acids is 1. The van der Waals surface area contributed by atoms with Crippen LogP contribution in [0.4, 0.5) is 15.3 Å². The van der Waals surface area contributed by atoms with Gasteiger partial charge in [-0.25, -0.2) is 9.59 Å². The predicted octanol–water partition coefficient (Wildman–Crippen LogP) is 3.32. The summed E-state index contributed by atoms with van der Waals surface area (Å²) in [5.41, 5.74) is 6.79. The Morgan fingerprint density at radius 2 is 1.82 bits per heavy atom. The molecule has 0 fully saturated rings. The maximum Gasteiger partial charge on any atom is 0.411 e. The Labute approximate surface area is 127 Å². The predicted molar refractivity (Wildman–Crippen MR) is 83.1 cm³/mol. The number of benzene rings is 2. The number of rotatable bonds is 4. The van der Waals surface area contributed by atoms with Crippen LogP contribution in [-0.4, -0.2) is 23.8 Å². The maximum atomic E-state index is 11.4. The van der Waals surface area contributed by atoms with Crippen LogP contribution in [-0.2, 0) is 0 Å². The summed E-state index contributed by atoms with van der Waals surface area (Å²) in [5.74, 6) is 0.130. The Kier molecular flexibility index (Phi) is 4.63.